The number of aromatic nitrogens is 1. The standard InChI is InChI=1S/C47H65N7O11/c1-34-18-19-49-42(31-34)54(46(58)65-47(2,3)4)21-8-11-43(55)50-33-44(56)52-40(32-45(57)59-5)36-14-12-35(13-15-36)37-16-17-41(39-10-7-6-9-38(37)39)64-30-29-63-28-27-62-26-25-61-24-23-60-22-20-51-53-48/h12-19,31,40H,6-11,20-30,32-33H2,1-5H3,(H,50,55)(H,52,56)/t40-/m0/s1. The summed E-state index contributed by atoms with van der Waals surface area (Å²) in [5.41, 5.74) is 13.7. The SMILES string of the molecule is COC(=O)C[C@H](NC(=O)CNC(=O)CCCN(C(=O)OC(C)(C)C)c1cc(C)ccn1)c1ccc(-c2ccc(OCCOCCOCCOCCOCCN=[N+]=[N-])c3c2CCCC3)cc1. The fourth-order valence-electron chi connectivity index (χ4n) is 6.95. The van der Waals surface area contributed by atoms with Gasteiger partial charge in [0.2, 0.25) is 11.8 Å². The Morgan fingerprint density at radius 3 is 2.12 bits per heavy atom. The number of nitrogens with one attached hydrogen (secondary N) is 2. The van der Waals surface area contributed by atoms with E-state index >= 15 is 0 Å². The van der Waals surface area contributed by atoms with E-state index < -0.39 is 29.6 Å². The summed E-state index contributed by atoms with van der Waals surface area (Å²) >= 11 is 0. The molecule has 1 aromatic heterocycles. The number of aryl methyl sites for hydroxylation is 1. The Hall–Kier alpha value is -5.78. The molecule has 2 N–H and O–H groups in total. The van der Waals surface area contributed by atoms with Crippen molar-refractivity contribution in [2.45, 2.75) is 84.3 Å². The molecule has 0 spiro atoms. The summed E-state index contributed by atoms with van der Waals surface area (Å²) in [6.07, 6.45) is 5.26. The molecule has 3 aromatic rings. The fraction of sp³-hybridized carbons (Fsp3) is 0.553. The predicted octanol–water partition coefficient (Wildman–Crippen LogP) is 6.75. The minimum atomic E-state index is -0.719. The lowest BCUT2D eigenvalue weighted by molar-refractivity contribution is -0.141. The number of carbonyl (C=O) groups is 4. The smallest absolute Gasteiger partial charge is 0.416 e. The van der Waals surface area contributed by atoms with Crippen molar-refractivity contribution < 1.29 is 52.3 Å². The highest BCUT2D eigenvalue weighted by molar-refractivity contribution is 5.87. The Labute approximate surface area is 381 Å². The minimum absolute atomic E-state index is 0.0491. The number of nitrogens with zero attached hydrogens (tertiary/aromatic N) is 5. The van der Waals surface area contributed by atoms with Gasteiger partial charge in [-0.2, -0.15) is 0 Å². The Bertz CT molecular complexity index is 2020. The summed E-state index contributed by atoms with van der Waals surface area (Å²) in [5, 5.41) is 8.92. The van der Waals surface area contributed by atoms with Gasteiger partial charge in [-0.25, -0.2) is 9.78 Å². The molecule has 0 radical (unpaired) electrons. The monoisotopic (exact) mass is 903 g/mol. The van der Waals surface area contributed by atoms with Gasteiger partial charge >= 0.3 is 12.1 Å². The van der Waals surface area contributed by atoms with E-state index in [1.165, 1.54) is 23.1 Å². The second-order valence-electron chi connectivity index (χ2n) is 16.3. The summed E-state index contributed by atoms with van der Waals surface area (Å²) in [6, 6.07) is 14.7. The molecule has 0 saturated heterocycles. The normalized spacial score (nSPS) is 12.6. The maximum absolute atomic E-state index is 13.1. The van der Waals surface area contributed by atoms with Crippen molar-refractivity contribution in [3.05, 3.63) is 87.4 Å². The van der Waals surface area contributed by atoms with Gasteiger partial charge in [0, 0.05) is 30.6 Å². The molecule has 4 rings (SSSR count). The molecule has 0 aliphatic heterocycles. The van der Waals surface area contributed by atoms with Crippen LogP contribution in [-0.4, -0.2) is 121 Å². The van der Waals surface area contributed by atoms with Crippen LogP contribution in [0.25, 0.3) is 21.6 Å². The highest BCUT2D eigenvalue weighted by Gasteiger charge is 2.25. The number of anilines is 1. The van der Waals surface area contributed by atoms with Crippen LogP contribution in [-0.2, 0) is 55.6 Å². The van der Waals surface area contributed by atoms with E-state index in [1.807, 2.05) is 43.3 Å². The van der Waals surface area contributed by atoms with Gasteiger partial charge in [0.15, 0.2) is 0 Å². The number of ether oxygens (including phenoxy) is 7. The Balaban J connectivity index is 1.24. The van der Waals surface area contributed by atoms with Gasteiger partial charge in [0.25, 0.3) is 0 Å². The Kier molecular flexibility index (Phi) is 22.5. The number of rotatable bonds is 28. The van der Waals surface area contributed by atoms with Crippen LogP contribution in [0.15, 0.2) is 59.8 Å². The van der Waals surface area contributed by atoms with Gasteiger partial charge in [-0.1, -0.05) is 35.4 Å². The molecule has 1 aliphatic carbocycles. The molecule has 0 bridgehead atoms. The van der Waals surface area contributed by atoms with Crippen molar-refractivity contribution in [2.24, 2.45) is 5.11 Å². The third kappa shape index (κ3) is 19.1. The van der Waals surface area contributed by atoms with E-state index in [0.717, 1.165) is 48.1 Å². The van der Waals surface area contributed by atoms with E-state index in [9.17, 15) is 19.2 Å². The van der Waals surface area contributed by atoms with Crippen LogP contribution in [0, 0.1) is 6.92 Å². The van der Waals surface area contributed by atoms with Gasteiger partial charge in [0.1, 0.15) is 23.8 Å². The molecule has 1 heterocycles. The van der Waals surface area contributed by atoms with Crippen LogP contribution in [0.5, 0.6) is 5.75 Å². The zero-order valence-corrected chi connectivity index (χ0v) is 38.4. The third-order valence-corrected chi connectivity index (χ3v) is 10.1. The van der Waals surface area contributed by atoms with Crippen molar-refractivity contribution in [1.82, 2.24) is 15.6 Å². The van der Waals surface area contributed by atoms with E-state index in [1.54, 1.807) is 33.0 Å². The molecule has 18 nitrogen and oxygen atoms in total. The highest BCUT2D eigenvalue weighted by atomic mass is 16.6. The number of fused-ring (bicyclic) bond motifs is 1. The molecule has 1 atom stereocenters. The fourth-order valence-corrected chi connectivity index (χ4v) is 6.95. The maximum Gasteiger partial charge on any atom is 0.416 e. The molecular weight excluding hydrogens is 839 g/mol. The van der Waals surface area contributed by atoms with Crippen LogP contribution in [0.3, 0.4) is 0 Å². The molecular formula is C47H65N7O11. The van der Waals surface area contributed by atoms with Gasteiger partial charge in [-0.3, -0.25) is 19.3 Å². The number of methoxy groups -OCH3 is 1. The number of pyridine rings is 1. The first-order valence-electron chi connectivity index (χ1n) is 22.1. The minimum Gasteiger partial charge on any atom is -0.491 e. The number of carbonyl (C=O) groups excluding carboxylic acids is 4. The predicted molar refractivity (Wildman–Crippen MR) is 244 cm³/mol. The van der Waals surface area contributed by atoms with Crippen molar-refractivity contribution >= 4 is 29.7 Å². The maximum atomic E-state index is 13.1. The average Bonchev–Trinajstić information content (AvgIpc) is 3.28. The molecule has 2 aromatic carbocycles. The third-order valence-electron chi connectivity index (χ3n) is 10.1. The zero-order valence-electron chi connectivity index (χ0n) is 38.4. The molecule has 354 valence electrons. The highest BCUT2D eigenvalue weighted by Crippen LogP contribution is 2.37. The summed E-state index contributed by atoms with van der Waals surface area (Å²) in [7, 11) is 1.29. The van der Waals surface area contributed by atoms with Crippen LogP contribution >= 0.6 is 0 Å². The van der Waals surface area contributed by atoms with Crippen LogP contribution < -0.4 is 20.3 Å². The topological polar surface area (TPSA) is 222 Å². The molecule has 3 amide bonds. The first-order valence-corrected chi connectivity index (χ1v) is 22.1. The molecule has 0 saturated carbocycles. The van der Waals surface area contributed by atoms with Crippen molar-refractivity contribution in [3.8, 4) is 16.9 Å². The number of azide groups is 1. The van der Waals surface area contributed by atoms with Crippen LogP contribution in [0.1, 0.15) is 81.2 Å². The van der Waals surface area contributed by atoms with E-state index in [-0.39, 0.29) is 31.8 Å². The molecule has 0 fully saturated rings. The summed E-state index contributed by atoms with van der Waals surface area (Å²) in [6.45, 7) is 11.2. The summed E-state index contributed by atoms with van der Waals surface area (Å²) in [5.74, 6) is -0.0619. The zero-order chi connectivity index (χ0) is 46.9. The average molecular weight is 904 g/mol. The second kappa shape index (κ2) is 28.2. The first-order chi connectivity index (χ1) is 31.4. The molecule has 18 heteroatoms. The summed E-state index contributed by atoms with van der Waals surface area (Å²) in [4.78, 5) is 59.8. The number of benzene rings is 2. The number of hydrogen-bond acceptors (Lipinski definition) is 13. The largest absolute Gasteiger partial charge is 0.491 e. The van der Waals surface area contributed by atoms with Crippen LogP contribution in [0.4, 0.5) is 10.6 Å². The van der Waals surface area contributed by atoms with E-state index in [4.69, 9.17) is 38.7 Å². The van der Waals surface area contributed by atoms with Crippen molar-refractivity contribution in [3.63, 3.8) is 0 Å². The first kappa shape index (κ1) is 51.9. The lowest BCUT2D eigenvalue weighted by Gasteiger charge is -2.27. The van der Waals surface area contributed by atoms with Crippen molar-refractivity contribution in [1.29, 1.82) is 0 Å². The van der Waals surface area contributed by atoms with Crippen molar-refractivity contribution in [2.75, 3.05) is 91.1 Å². The second-order valence-corrected chi connectivity index (χ2v) is 16.3. The number of amides is 3. The van der Waals surface area contributed by atoms with Crippen LogP contribution in [0.2, 0.25) is 0 Å². The van der Waals surface area contributed by atoms with E-state index in [0.29, 0.717) is 83.8 Å². The molecule has 1 aliphatic rings. The molecule has 0 unspecified atom stereocenters. The summed E-state index contributed by atoms with van der Waals surface area (Å²) < 4.78 is 38.7. The van der Waals surface area contributed by atoms with Gasteiger partial charge in [0.05, 0.1) is 79.0 Å². The number of hydrogen-bond donors (Lipinski definition) is 2. The van der Waals surface area contributed by atoms with E-state index in [2.05, 4.69) is 31.7 Å². The number of esters is 1. The Morgan fingerprint density at radius 1 is 0.846 bits per heavy atom. The Morgan fingerprint density at radius 2 is 1.49 bits per heavy atom. The van der Waals surface area contributed by atoms with Gasteiger partial charge < -0.3 is 43.8 Å². The van der Waals surface area contributed by atoms with Gasteiger partial charge in [-0.05, 0) is 117 Å². The lowest BCUT2D eigenvalue weighted by Crippen LogP contribution is -2.40. The molecule has 65 heavy (non-hydrogen) atoms. The van der Waals surface area contributed by atoms with Gasteiger partial charge in [-0.15, -0.1) is 0 Å². The quantitative estimate of drug-likeness (QED) is 0.0254. The lowest BCUT2D eigenvalue weighted by atomic mass is 9.85.